The lowest BCUT2D eigenvalue weighted by molar-refractivity contribution is -0.116. The molecule has 0 saturated carbocycles. The van der Waals surface area contributed by atoms with Crippen molar-refractivity contribution in [2.24, 2.45) is 0 Å². The zero-order chi connectivity index (χ0) is 12.7. The Labute approximate surface area is 104 Å². The molecule has 0 saturated heterocycles. The summed E-state index contributed by atoms with van der Waals surface area (Å²) in [5, 5.41) is 2.86. The van der Waals surface area contributed by atoms with Crippen LogP contribution in [0.5, 0.6) is 0 Å². The molecule has 90 valence electrons. The minimum Gasteiger partial charge on any atom is -0.325 e. The average Bonchev–Trinajstić information content (AvgIpc) is 2.66. The summed E-state index contributed by atoms with van der Waals surface area (Å²) in [4.78, 5) is 12.0. The second-order valence-corrected chi connectivity index (χ2v) is 4.56. The maximum absolute atomic E-state index is 12.9. The van der Waals surface area contributed by atoms with Crippen molar-refractivity contribution in [1.82, 2.24) is 0 Å². The minimum absolute atomic E-state index is 0.0535. The maximum atomic E-state index is 12.9. The average molecular weight is 241 g/mol. The van der Waals surface area contributed by atoms with Crippen LogP contribution < -0.4 is 5.32 Å². The molecule has 3 heteroatoms. The Morgan fingerprint density at radius 1 is 1.11 bits per heavy atom. The fourth-order valence-corrected chi connectivity index (χ4v) is 2.37. The first-order valence-electron chi connectivity index (χ1n) is 5.82. The first kappa shape index (κ1) is 11.0. The number of nitrogens with one attached hydrogen (secondary N) is 1. The van der Waals surface area contributed by atoms with Crippen molar-refractivity contribution in [3.05, 3.63) is 65.0 Å². The first-order valence-corrected chi connectivity index (χ1v) is 5.82. The van der Waals surface area contributed by atoms with Gasteiger partial charge in [0.2, 0.25) is 5.91 Å². The van der Waals surface area contributed by atoms with Crippen molar-refractivity contribution in [3.8, 4) is 0 Å². The van der Waals surface area contributed by atoms with Crippen LogP contribution in [0, 0.1) is 12.7 Å². The van der Waals surface area contributed by atoms with Crippen LogP contribution in [0.2, 0.25) is 0 Å². The van der Waals surface area contributed by atoms with Crippen LogP contribution >= 0.6 is 0 Å². The lowest BCUT2D eigenvalue weighted by atomic mass is 9.92. The molecule has 2 aromatic carbocycles. The van der Waals surface area contributed by atoms with Crippen molar-refractivity contribution in [3.63, 3.8) is 0 Å². The Morgan fingerprint density at radius 3 is 2.56 bits per heavy atom. The summed E-state index contributed by atoms with van der Waals surface area (Å²) in [7, 11) is 0. The number of rotatable bonds is 1. The van der Waals surface area contributed by atoms with Gasteiger partial charge in [-0.2, -0.15) is 0 Å². The van der Waals surface area contributed by atoms with Crippen LogP contribution in [0.25, 0.3) is 0 Å². The quantitative estimate of drug-likeness (QED) is 0.816. The second-order valence-electron chi connectivity index (χ2n) is 4.56. The molecule has 1 aliphatic heterocycles. The third-order valence-corrected chi connectivity index (χ3v) is 3.24. The molecule has 18 heavy (non-hydrogen) atoms. The number of carbonyl (C=O) groups excluding carboxylic acids is 1. The van der Waals surface area contributed by atoms with E-state index in [0.29, 0.717) is 0 Å². The Bertz CT molecular complexity index is 619. The predicted octanol–water partition coefficient (Wildman–Crippen LogP) is 3.22. The summed E-state index contributed by atoms with van der Waals surface area (Å²) in [6.45, 7) is 1.99. The van der Waals surface area contributed by atoms with Gasteiger partial charge in [0.15, 0.2) is 0 Å². The maximum Gasteiger partial charge on any atom is 0.236 e. The number of anilines is 1. The lowest BCUT2D eigenvalue weighted by Gasteiger charge is -2.09. The fraction of sp³-hybridized carbons (Fsp3) is 0.133. The summed E-state index contributed by atoms with van der Waals surface area (Å²) in [6, 6.07) is 12.0. The van der Waals surface area contributed by atoms with Gasteiger partial charge in [-0.1, -0.05) is 29.8 Å². The highest BCUT2D eigenvalue weighted by molar-refractivity contribution is 6.05. The molecule has 3 rings (SSSR count). The van der Waals surface area contributed by atoms with Gasteiger partial charge in [0.25, 0.3) is 0 Å². The van der Waals surface area contributed by atoms with E-state index in [1.165, 1.54) is 12.1 Å². The van der Waals surface area contributed by atoms with Crippen LogP contribution in [0.1, 0.15) is 22.6 Å². The molecule has 1 amide bonds. The van der Waals surface area contributed by atoms with E-state index in [-0.39, 0.29) is 17.6 Å². The molecule has 2 aromatic rings. The number of aryl methyl sites for hydroxylation is 1. The van der Waals surface area contributed by atoms with Crippen molar-refractivity contribution in [1.29, 1.82) is 0 Å². The van der Waals surface area contributed by atoms with Gasteiger partial charge >= 0.3 is 0 Å². The van der Waals surface area contributed by atoms with Crippen LogP contribution in [0.4, 0.5) is 10.1 Å². The van der Waals surface area contributed by atoms with Crippen LogP contribution in [0.15, 0.2) is 42.5 Å². The summed E-state index contributed by atoms with van der Waals surface area (Å²) in [6.07, 6.45) is 0. The van der Waals surface area contributed by atoms with Gasteiger partial charge in [-0.3, -0.25) is 4.79 Å². The number of benzene rings is 2. The molecule has 0 aromatic heterocycles. The minimum atomic E-state index is -0.333. The monoisotopic (exact) mass is 241 g/mol. The summed E-state index contributed by atoms with van der Waals surface area (Å²) in [5.74, 6) is -0.677. The summed E-state index contributed by atoms with van der Waals surface area (Å²) >= 11 is 0. The number of hydrogen-bond donors (Lipinski definition) is 1. The number of amides is 1. The number of halogens is 1. The van der Waals surface area contributed by atoms with E-state index < -0.39 is 0 Å². The van der Waals surface area contributed by atoms with Crippen molar-refractivity contribution in [2.75, 3.05) is 5.32 Å². The van der Waals surface area contributed by atoms with E-state index in [1.54, 1.807) is 12.1 Å². The van der Waals surface area contributed by atoms with Crippen LogP contribution in [0.3, 0.4) is 0 Å². The van der Waals surface area contributed by atoms with E-state index in [2.05, 4.69) is 5.32 Å². The molecular weight excluding hydrogens is 229 g/mol. The van der Waals surface area contributed by atoms with Crippen LogP contribution in [-0.2, 0) is 4.79 Å². The molecule has 1 N–H and O–H groups in total. The standard InChI is InChI=1S/C15H12FNO/c1-9-2-7-13-12(8-9)14(15(18)17-13)10-3-5-11(16)6-4-10/h2-8,14H,1H3,(H,17,18). The van der Waals surface area contributed by atoms with Gasteiger partial charge in [-0.15, -0.1) is 0 Å². The number of hydrogen-bond acceptors (Lipinski definition) is 1. The molecule has 0 aliphatic carbocycles. The third kappa shape index (κ3) is 1.68. The highest BCUT2D eigenvalue weighted by atomic mass is 19.1. The Morgan fingerprint density at radius 2 is 1.83 bits per heavy atom. The molecule has 0 bridgehead atoms. The van der Waals surface area contributed by atoms with Gasteiger partial charge in [-0.05, 0) is 36.2 Å². The number of carbonyl (C=O) groups is 1. The summed E-state index contributed by atoms with van der Waals surface area (Å²) in [5.41, 5.74) is 3.74. The fourth-order valence-electron chi connectivity index (χ4n) is 2.37. The van der Waals surface area contributed by atoms with Gasteiger partial charge in [0, 0.05) is 5.69 Å². The van der Waals surface area contributed by atoms with Crippen LogP contribution in [-0.4, -0.2) is 5.91 Å². The molecule has 0 spiro atoms. The molecule has 0 fully saturated rings. The van der Waals surface area contributed by atoms with Crippen molar-refractivity contribution >= 4 is 11.6 Å². The van der Waals surface area contributed by atoms with Crippen molar-refractivity contribution in [2.45, 2.75) is 12.8 Å². The smallest absolute Gasteiger partial charge is 0.236 e. The third-order valence-electron chi connectivity index (χ3n) is 3.24. The molecule has 1 heterocycles. The lowest BCUT2D eigenvalue weighted by Crippen LogP contribution is -2.13. The van der Waals surface area contributed by atoms with Crippen molar-refractivity contribution < 1.29 is 9.18 Å². The predicted molar refractivity (Wildman–Crippen MR) is 68.1 cm³/mol. The highest BCUT2D eigenvalue weighted by Gasteiger charge is 2.31. The molecule has 1 aliphatic rings. The number of fused-ring (bicyclic) bond motifs is 1. The molecule has 0 radical (unpaired) electrons. The highest BCUT2D eigenvalue weighted by Crippen LogP contribution is 2.37. The Balaban J connectivity index is 2.11. The molecule has 2 nitrogen and oxygen atoms in total. The zero-order valence-corrected chi connectivity index (χ0v) is 9.91. The Hall–Kier alpha value is -2.16. The normalized spacial score (nSPS) is 17.4. The van der Waals surface area contributed by atoms with E-state index in [4.69, 9.17) is 0 Å². The van der Waals surface area contributed by atoms with E-state index >= 15 is 0 Å². The van der Waals surface area contributed by atoms with E-state index in [9.17, 15) is 9.18 Å². The largest absolute Gasteiger partial charge is 0.325 e. The summed E-state index contributed by atoms with van der Waals surface area (Å²) < 4.78 is 12.9. The first-order chi connectivity index (χ1) is 8.65. The van der Waals surface area contributed by atoms with E-state index in [0.717, 1.165) is 22.4 Å². The zero-order valence-electron chi connectivity index (χ0n) is 9.91. The second kappa shape index (κ2) is 3.95. The SMILES string of the molecule is Cc1ccc2c(c1)C(c1ccc(F)cc1)C(=O)N2. The van der Waals surface area contributed by atoms with Gasteiger partial charge < -0.3 is 5.32 Å². The van der Waals surface area contributed by atoms with Gasteiger partial charge in [0.1, 0.15) is 5.82 Å². The van der Waals surface area contributed by atoms with Gasteiger partial charge in [-0.25, -0.2) is 4.39 Å². The molecular formula is C15H12FNO. The molecule has 1 atom stereocenters. The van der Waals surface area contributed by atoms with E-state index in [1.807, 2.05) is 25.1 Å². The van der Waals surface area contributed by atoms with Gasteiger partial charge in [0.05, 0.1) is 5.92 Å². The topological polar surface area (TPSA) is 29.1 Å². The Kier molecular flexibility index (Phi) is 2.40. The molecule has 1 unspecified atom stereocenters.